The topological polar surface area (TPSA) is 75.2 Å². The molecule has 6 heteroatoms. The Kier molecular flexibility index (Phi) is 4.61. The zero-order valence-corrected chi connectivity index (χ0v) is 12.7. The molecule has 23 heavy (non-hydrogen) atoms. The number of piperidine rings is 1. The minimum absolute atomic E-state index is 0.0531. The maximum atomic E-state index is 12.3. The van der Waals surface area contributed by atoms with E-state index in [2.05, 4.69) is 15.3 Å². The Labute approximate surface area is 134 Å². The largest absolute Gasteiger partial charge is 0.349 e. The van der Waals surface area contributed by atoms with Gasteiger partial charge >= 0.3 is 0 Å². The fourth-order valence-electron chi connectivity index (χ4n) is 2.64. The minimum atomic E-state index is -0.118. The molecule has 1 saturated heterocycles. The number of likely N-dealkylation sites (tertiary alicyclic amines) is 1. The molecule has 2 amide bonds. The predicted molar refractivity (Wildman–Crippen MR) is 84.9 cm³/mol. The van der Waals surface area contributed by atoms with Crippen molar-refractivity contribution in [2.75, 3.05) is 13.1 Å². The molecular formula is C17H18N4O2. The average molecular weight is 310 g/mol. The van der Waals surface area contributed by atoms with Crippen molar-refractivity contribution in [3.05, 3.63) is 60.2 Å². The molecule has 0 aliphatic carbocycles. The number of aromatic nitrogens is 2. The van der Waals surface area contributed by atoms with Gasteiger partial charge in [-0.05, 0) is 37.1 Å². The van der Waals surface area contributed by atoms with Crippen molar-refractivity contribution in [2.24, 2.45) is 0 Å². The zero-order valence-electron chi connectivity index (χ0n) is 12.7. The van der Waals surface area contributed by atoms with Crippen LogP contribution in [0.4, 0.5) is 0 Å². The molecule has 2 aromatic heterocycles. The molecule has 1 N–H and O–H groups in total. The summed E-state index contributed by atoms with van der Waals surface area (Å²) in [6.07, 6.45) is 6.29. The van der Waals surface area contributed by atoms with Gasteiger partial charge in [0.05, 0.1) is 5.56 Å². The van der Waals surface area contributed by atoms with E-state index >= 15 is 0 Å². The molecule has 118 valence electrons. The lowest BCUT2D eigenvalue weighted by molar-refractivity contribution is 0.0692. The van der Waals surface area contributed by atoms with Gasteiger partial charge < -0.3 is 10.2 Å². The molecule has 1 aliphatic heterocycles. The SMILES string of the molecule is O=C(NC1CCN(C(=O)c2ccccn2)CC1)c1cccnc1. The van der Waals surface area contributed by atoms with Gasteiger partial charge in [-0.3, -0.25) is 19.6 Å². The van der Waals surface area contributed by atoms with Crippen LogP contribution < -0.4 is 5.32 Å². The number of carbonyl (C=O) groups is 2. The highest BCUT2D eigenvalue weighted by Crippen LogP contribution is 2.13. The van der Waals surface area contributed by atoms with Gasteiger partial charge in [-0.1, -0.05) is 6.07 Å². The van der Waals surface area contributed by atoms with Crippen LogP contribution in [-0.4, -0.2) is 45.8 Å². The van der Waals surface area contributed by atoms with E-state index in [4.69, 9.17) is 0 Å². The summed E-state index contributed by atoms with van der Waals surface area (Å²) in [6, 6.07) is 8.87. The number of rotatable bonds is 3. The summed E-state index contributed by atoms with van der Waals surface area (Å²) >= 11 is 0. The van der Waals surface area contributed by atoms with Gasteiger partial charge in [0.2, 0.25) is 0 Å². The minimum Gasteiger partial charge on any atom is -0.349 e. The van der Waals surface area contributed by atoms with Crippen molar-refractivity contribution < 1.29 is 9.59 Å². The van der Waals surface area contributed by atoms with Gasteiger partial charge in [0.1, 0.15) is 5.69 Å². The second-order valence-electron chi connectivity index (χ2n) is 5.50. The molecule has 1 fully saturated rings. The van der Waals surface area contributed by atoms with Crippen LogP contribution in [-0.2, 0) is 0 Å². The summed E-state index contributed by atoms with van der Waals surface area (Å²) in [5.41, 5.74) is 1.02. The van der Waals surface area contributed by atoms with Crippen LogP contribution in [0.5, 0.6) is 0 Å². The quantitative estimate of drug-likeness (QED) is 0.932. The van der Waals surface area contributed by atoms with Crippen LogP contribution in [0.3, 0.4) is 0 Å². The van der Waals surface area contributed by atoms with Crippen molar-refractivity contribution in [3.8, 4) is 0 Å². The Morgan fingerprint density at radius 3 is 2.57 bits per heavy atom. The normalized spacial score (nSPS) is 15.2. The first-order valence-corrected chi connectivity index (χ1v) is 7.65. The number of carbonyl (C=O) groups excluding carboxylic acids is 2. The van der Waals surface area contributed by atoms with Crippen molar-refractivity contribution >= 4 is 11.8 Å². The standard InChI is InChI=1S/C17H18N4O2/c22-16(13-4-3-8-18-12-13)20-14-6-10-21(11-7-14)17(23)15-5-1-2-9-19-15/h1-5,8-9,12,14H,6-7,10-11H2,(H,20,22). The van der Waals surface area contributed by atoms with Crippen LogP contribution >= 0.6 is 0 Å². The summed E-state index contributed by atoms with van der Waals surface area (Å²) in [4.78, 5) is 34.3. The fourth-order valence-corrected chi connectivity index (χ4v) is 2.64. The third-order valence-corrected chi connectivity index (χ3v) is 3.93. The van der Waals surface area contributed by atoms with Gasteiger partial charge in [0.15, 0.2) is 0 Å². The van der Waals surface area contributed by atoms with Crippen LogP contribution in [0.2, 0.25) is 0 Å². The predicted octanol–water partition coefficient (Wildman–Crippen LogP) is 1.51. The molecule has 0 radical (unpaired) electrons. The van der Waals surface area contributed by atoms with Crippen LogP contribution in [0.15, 0.2) is 48.9 Å². The summed E-state index contributed by atoms with van der Waals surface area (Å²) < 4.78 is 0. The number of pyridine rings is 2. The van der Waals surface area contributed by atoms with Gasteiger partial charge in [-0.25, -0.2) is 0 Å². The van der Waals surface area contributed by atoms with E-state index in [9.17, 15) is 9.59 Å². The molecule has 3 heterocycles. The number of hydrogen-bond acceptors (Lipinski definition) is 4. The molecule has 0 saturated carbocycles. The Balaban J connectivity index is 1.53. The molecule has 1 aliphatic rings. The molecule has 0 aromatic carbocycles. The first kappa shape index (κ1) is 15.1. The molecule has 0 bridgehead atoms. The highest BCUT2D eigenvalue weighted by Gasteiger charge is 2.25. The van der Waals surface area contributed by atoms with Crippen LogP contribution in [0.25, 0.3) is 0 Å². The summed E-state index contributed by atoms with van der Waals surface area (Å²) in [5, 5.41) is 3.00. The fraction of sp³-hybridized carbons (Fsp3) is 0.294. The van der Waals surface area contributed by atoms with Gasteiger partial charge in [0, 0.05) is 37.7 Å². The van der Waals surface area contributed by atoms with Crippen molar-refractivity contribution in [1.82, 2.24) is 20.2 Å². The number of hydrogen-bond donors (Lipinski definition) is 1. The summed E-state index contributed by atoms with van der Waals surface area (Å²) in [7, 11) is 0. The van der Waals surface area contributed by atoms with Gasteiger partial charge in [-0.15, -0.1) is 0 Å². The third-order valence-electron chi connectivity index (χ3n) is 3.93. The number of amides is 2. The first-order valence-electron chi connectivity index (χ1n) is 7.65. The van der Waals surface area contributed by atoms with E-state index in [1.54, 1.807) is 53.8 Å². The Bertz CT molecular complexity index is 668. The van der Waals surface area contributed by atoms with E-state index in [1.165, 1.54) is 0 Å². The molecule has 2 aromatic rings. The highest BCUT2D eigenvalue weighted by atomic mass is 16.2. The molecular weight excluding hydrogens is 292 g/mol. The molecule has 0 atom stereocenters. The van der Waals surface area contributed by atoms with Crippen molar-refractivity contribution in [3.63, 3.8) is 0 Å². The second-order valence-corrected chi connectivity index (χ2v) is 5.50. The summed E-state index contributed by atoms with van der Waals surface area (Å²) in [5.74, 6) is -0.171. The van der Waals surface area contributed by atoms with Gasteiger partial charge in [-0.2, -0.15) is 0 Å². The number of nitrogens with zero attached hydrogens (tertiary/aromatic N) is 3. The average Bonchev–Trinajstić information content (AvgIpc) is 2.63. The lowest BCUT2D eigenvalue weighted by Crippen LogP contribution is -2.46. The summed E-state index contributed by atoms with van der Waals surface area (Å²) in [6.45, 7) is 1.24. The van der Waals surface area contributed by atoms with E-state index < -0.39 is 0 Å². The zero-order chi connectivity index (χ0) is 16.1. The molecule has 0 spiro atoms. The Hall–Kier alpha value is -2.76. The maximum absolute atomic E-state index is 12.3. The first-order chi connectivity index (χ1) is 11.2. The van der Waals surface area contributed by atoms with Crippen molar-refractivity contribution in [2.45, 2.75) is 18.9 Å². The van der Waals surface area contributed by atoms with Crippen LogP contribution in [0, 0.1) is 0 Å². The van der Waals surface area contributed by atoms with E-state index in [0.717, 1.165) is 12.8 Å². The molecule has 0 unspecified atom stereocenters. The maximum Gasteiger partial charge on any atom is 0.272 e. The monoisotopic (exact) mass is 310 g/mol. The Morgan fingerprint density at radius 2 is 1.91 bits per heavy atom. The Morgan fingerprint density at radius 1 is 1.09 bits per heavy atom. The lowest BCUT2D eigenvalue weighted by Gasteiger charge is -2.32. The molecule has 3 rings (SSSR count). The van der Waals surface area contributed by atoms with E-state index in [1.807, 2.05) is 0 Å². The van der Waals surface area contributed by atoms with Crippen molar-refractivity contribution in [1.29, 1.82) is 0 Å². The van der Waals surface area contributed by atoms with Gasteiger partial charge in [0.25, 0.3) is 11.8 Å². The lowest BCUT2D eigenvalue weighted by atomic mass is 10.0. The second kappa shape index (κ2) is 7.00. The highest BCUT2D eigenvalue weighted by molar-refractivity contribution is 5.94. The molecule has 6 nitrogen and oxygen atoms in total. The number of nitrogens with one attached hydrogen (secondary N) is 1. The smallest absolute Gasteiger partial charge is 0.272 e. The van der Waals surface area contributed by atoms with E-state index in [-0.39, 0.29) is 17.9 Å². The third kappa shape index (κ3) is 3.71. The van der Waals surface area contributed by atoms with E-state index in [0.29, 0.717) is 24.3 Å². The van der Waals surface area contributed by atoms with Crippen LogP contribution in [0.1, 0.15) is 33.7 Å².